The Morgan fingerprint density at radius 2 is 1.31 bits per heavy atom. The van der Waals surface area contributed by atoms with Crippen LogP contribution in [0.2, 0.25) is 0 Å². The average Bonchev–Trinajstić information content (AvgIpc) is 1.84. The first-order valence-electron chi connectivity index (χ1n) is 2.98. The van der Waals surface area contributed by atoms with Gasteiger partial charge in [-0.05, 0) is 6.92 Å². The van der Waals surface area contributed by atoms with Crippen LogP contribution in [-0.4, -0.2) is 36.8 Å². The zero-order valence-corrected chi connectivity index (χ0v) is 8.60. The van der Waals surface area contributed by atoms with E-state index in [0.29, 0.717) is 0 Å². The Balaban J connectivity index is 0. The van der Waals surface area contributed by atoms with Gasteiger partial charge in [0, 0.05) is 0 Å². The zero-order chi connectivity index (χ0) is 11.3. The van der Waals surface area contributed by atoms with Crippen LogP contribution in [0.15, 0.2) is 0 Å². The molecule has 8 nitrogen and oxygen atoms in total. The molecule has 0 aromatic rings. The minimum absolute atomic E-state index is 0.250. The second-order valence-electron chi connectivity index (χ2n) is 1.99. The number of hydrogen-bond acceptors (Lipinski definition) is 4. The summed E-state index contributed by atoms with van der Waals surface area (Å²) in [5.41, 5.74) is 4.40. The Labute approximate surface area is 74.7 Å². The van der Waals surface area contributed by atoms with Crippen molar-refractivity contribution in [2.45, 2.75) is 12.3 Å². The maximum Gasteiger partial charge on any atom is 0.340 e. The minimum atomic E-state index is -4.64. The normalized spacial score (nSPS) is 12.3. The highest BCUT2D eigenvalue weighted by Gasteiger charge is 2.38. The monoisotopic (exact) mass is 237 g/mol. The number of nitrogens with two attached hydrogens (primary N) is 1. The van der Waals surface area contributed by atoms with Crippen molar-refractivity contribution in [2.75, 3.05) is 6.73 Å². The third-order valence-electron chi connectivity index (χ3n) is 0.974. The Bertz CT molecular complexity index is 196. The molecule has 0 atom stereocenters. The molecule has 13 heavy (non-hydrogen) atoms. The van der Waals surface area contributed by atoms with E-state index in [4.69, 9.17) is 24.7 Å². The molecule has 82 valence electrons. The largest absolute Gasteiger partial charge is 0.382 e. The van der Waals surface area contributed by atoms with Crippen molar-refractivity contribution >= 4 is 15.2 Å². The van der Waals surface area contributed by atoms with Gasteiger partial charge in [-0.1, -0.05) is 0 Å². The molecule has 0 aromatic heterocycles. The first-order valence-corrected chi connectivity index (χ1v) is 6.35. The van der Waals surface area contributed by atoms with Crippen LogP contribution in [0, 0.1) is 0 Å². The fourth-order valence-electron chi connectivity index (χ4n) is 0.196. The fraction of sp³-hybridized carbons (Fsp3) is 1.00. The second-order valence-corrected chi connectivity index (χ2v) is 6.31. The van der Waals surface area contributed by atoms with Crippen molar-refractivity contribution in [3.8, 4) is 0 Å². The molecule has 0 unspecified atom stereocenters. The Kier molecular flexibility index (Phi) is 7.05. The molecule has 0 spiro atoms. The summed E-state index contributed by atoms with van der Waals surface area (Å²) in [5, 5.41) is 5.44. The molecule has 0 aliphatic carbocycles. The van der Waals surface area contributed by atoms with Gasteiger partial charge >= 0.3 is 15.2 Å². The predicted octanol–water partition coefficient (Wildman–Crippen LogP) is -1.42. The predicted molar refractivity (Wildman–Crippen MR) is 44.8 cm³/mol. The standard InChI is InChI=1S/C2H8O6P2.CH5NO/c1-2(9(3,4)5)10(6,7)8;2-1-3/h2H,1H3,(H2,3,4,5)(H2,6,7,8);3H,1-2H2. The summed E-state index contributed by atoms with van der Waals surface area (Å²) < 4.78 is 20.4. The third-order valence-corrected chi connectivity index (χ3v) is 4.73. The van der Waals surface area contributed by atoms with Gasteiger partial charge in [-0.25, -0.2) is 0 Å². The van der Waals surface area contributed by atoms with E-state index < -0.39 is 20.6 Å². The number of aliphatic hydroxyl groups is 1. The fourth-order valence-corrected chi connectivity index (χ4v) is 1.76. The van der Waals surface area contributed by atoms with Crippen molar-refractivity contribution in [2.24, 2.45) is 5.73 Å². The van der Waals surface area contributed by atoms with Crippen LogP contribution in [0.3, 0.4) is 0 Å². The highest BCUT2D eigenvalue weighted by molar-refractivity contribution is 7.70. The molecule has 0 aliphatic heterocycles. The first kappa shape index (κ1) is 15.7. The van der Waals surface area contributed by atoms with Gasteiger partial charge in [-0.15, -0.1) is 0 Å². The quantitative estimate of drug-likeness (QED) is 0.252. The summed E-state index contributed by atoms with van der Waals surface area (Å²) in [6.07, 6.45) is 0. The van der Waals surface area contributed by atoms with Crippen LogP contribution in [0.4, 0.5) is 0 Å². The van der Waals surface area contributed by atoms with E-state index in [1.54, 1.807) is 0 Å². The lowest BCUT2D eigenvalue weighted by molar-refractivity contribution is 0.307. The summed E-state index contributed by atoms with van der Waals surface area (Å²) in [7, 11) is -9.28. The summed E-state index contributed by atoms with van der Waals surface area (Å²) >= 11 is 0. The van der Waals surface area contributed by atoms with Crippen LogP contribution in [0.1, 0.15) is 6.92 Å². The van der Waals surface area contributed by atoms with Crippen LogP contribution in [0.5, 0.6) is 0 Å². The summed E-state index contributed by atoms with van der Waals surface area (Å²) in [6.45, 7) is 0.557. The molecule has 0 bridgehead atoms. The van der Waals surface area contributed by atoms with E-state index in [2.05, 4.69) is 5.73 Å². The lowest BCUT2D eigenvalue weighted by Gasteiger charge is -2.13. The summed E-state index contributed by atoms with van der Waals surface area (Å²) in [4.78, 5) is 33.0. The van der Waals surface area contributed by atoms with Crippen LogP contribution in [0.25, 0.3) is 0 Å². The molecule has 0 saturated heterocycles. The average molecular weight is 237 g/mol. The van der Waals surface area contributed by atoms with Crippen molar-refractivity contribution < 1.29 is 33.8 Å². The van der Waals surface area contributed by atoms with Gasteiger partial charge in [0.2, 0.25) is 0 Å². The molecule has 0 saturated carbocycles. The van der Waals surface area contributed by atoms with Crippen molar-refractivity contribution in [3.63, 3.8) is 0 Å². The molecule has 0 fully saturated rings. The van der Waals surface area contributed by atoms with Crippen molar-refractivity contribution in [1.29, 1.82) is 0 Å². The highest BCUT2D eigenvalue weighted by Crippen LogP contribution is 2.59. The topological polar surface area (TPSA) is 161 Å². The molecular weight excluding hydrogens is 224 g/mol. The minimum Gasteiger partial charge on any atom is -0.382 e. The third kappa shape index (κ3) is 8.55. The van der Waals surface area contributed by atoms with E-state index in [1.165, 1.54) is 0 Å². The number of rotatable bonds is 2. The van der Waals surface area contributed by atoms with Gasteiger partial charge < -0.3 is 30.4 Å². The van der Waals surface area contributed by atoms with Crippen LogP contribution < -0.4 is 5.73 Å². The molecule has 0 aliphatic rings. The van der Waals surface area contributed by atoms with E-state index >= 15 is 0 Å². The van der Waals surface area contributed by atoms with Crippen molar-refractivity contribution in [3.05, 3.63) is 0 Å². The van der Waals surface area contributed by atoms with Crippen LogP contribution in [-0.2, 0) is 9.13 Å². The van der Waals surface area contributed by atoms with Gasteiger partial charge in [-0.3, -0.25) is 9.13 Å². The molecule has 7 N–H and O–H groups in total. The molecule has 0 heterocycles. The Morgan fingerprint density at radius 1 is 1.15 bits per heavy atom. The SMILES string of the molecule is CC(P(=O)(O)O)P(=O)(O)O.NCO. The van der Waals surface area contributed by atoms with Crippen molar-refractivity contribution in [1.82, 2.24) is 0 Å². The smallest absolute Gasteiger partial charge is 0.340 e. The first-order chi connectivity index (χ1) is 5.57. The van der Waals surface area contributed by atoms with Gasteiger partial charge in [-0.2, -0.15) is 0 Å². The molecule has 0 rings (SSSR count). The summed E-state index contributed by atoms with van der Waals surface area (Å²) in [6, 6.07) is 0. The maximum absolute atomic E-state index is 10.2. The molecule has 0 aromatic carbocycles. The van der Waals surface area contributed by atoms with E-state index in [1.807, 2.05) is 0 Å². The highest BCUT2D eigenvalue weighted by atomic mass is 31.2. The number of aliphatic hydroxyl groups excluding tert-OH is 1. The van der Waals surface area contributed by atoms with E-state index in [-0.39, 0.29) is 6.73 Å². The van der Waals surface area contributed by atoms with Gasteiger partial charge in [0.1, 0.15) is 0 Å². The molecule has 10 heteroatoms. The van der Waals surface area contributed by atoms with Crippen LogP contribution >= 0.6 is 15.2 Å². The summed E-state index contributed by atoms with van der Waals surface area (Å²) in [5.74, 6) is 0. The molecule has 0 amide bonds. The van der Waals surface area contributed by atoms with Gasteiger partial charge in [0.15, 0.2) is 5.40 Å². The van der Waals surface area contributed by atoms with E-state index in [9.17, 15) is 9.13 Å². The maximum atomic E-state index is 10.2. The Morgan fingerprint density at radius 3 is 1.31 bits per heavy atom. The second kappa shape index (κ2) is 5.85. The van der Waals surface area contributed by atoms with Gasteiger partial charge in [0.05, 0.1) is 6.73 Å². The molecule has 0 radical (unpaired) electrons. The lowest BCUT2D eigenvalue weighted by Crippen LogP contribution is -2.02. The van der Waals surface area contributed by atoms with E-state index in [0.717, 1.165) is 6.92 Å². The molecular formula is C3H13NO7P2. The van der Waals surface area contributed by atoms with Gasteiger partial charge in [0.25, 0.3) is 0 Å². The number of hydrogen-bond donors (Lipinski definition) is 6. The zero-order valence-electron chi connectivity index (χ0n) is 6.81. The lowest BCUT2D eigenvalue weighted by atomic mass is 11.0. The Hall–Kier alpha value is 0.220.